The Bertz CT molecular complexity index is 477. The molecule has 0 saturated carbocycles. The number of hydrogen-bond acceptors (Lipinski definition) is 5. The fourth-order valence-corrected chi connectivity index (χ4v) is 2.74. The zero-order valence-corrected chi connectivity index (χ0v) is 12.7. The molecule has 1 heterocycles. The first-order valence-electron chi connectivity index (χ1n) is 6.63. The van der Waals surface area contributed by atoms with E-state index < -0.39 is 11.4 Å². The highest BCUT2D eigenvalue weighted by Crippen LogP contribution is 2.57. The normalized spacial score (nSPS) is 29.9. The fraction of sp³-hybridized carbons (Fsp3) is 0.600. The van der Waals surface area contributed by atoms with Gasteiger partial charge in [-0.1, -0.05) is 32.9 Å². The average Bonchev–Trinajstić information content (AvgIpc) is 2.38. The maximum atomic E-state index is 6.00. The predicted octanol–water partition coefficient (Wildman–Crippen LogP) is 2.20. The third-order valence-electron chi connectivity index (χ3n) is 4.07. The van der Waals surface area contributed by atoms with E-state index in [1.807, 2.05) is 24.3 Å². The van der Waals surface area contributed by atoms with Gasteiger partial charge in [0.05, 0.1) is 7.11 Å². The van der Waals surface area contributed by atoms with Crippen LogP contribution >= 0.6 is 0 Å². The number of rotatable bonds is 4. The van der Waals surface area contributed by atoms with Crippen molar-refractivity contribution in [2.45, 2.75) is 32.2 Å². The number of nitrogens with two attached hydrogens (primary N) is 1. The molecule has 2 unspecified atom stereocenters. The van der Waals surface area contributed by atoms with Crippen molar-refractivity contribution in [3.63, 3.8) is 0 Å². The van der Waals surface area contributed by atoms with Gasteiger partial charge in [0.1, 0.15) is 5.75 Å². The van der Waals surface area contributed by atoms with E-state index in [0.29, 0.717) is 0 Å². The van der Waals surface area contributed by atoms with Crippen LogP contribution in [0.4, 0.5) is 0 Å². The Labute approximate surface area is 119 Å². The van der Waals surface area contributed by atoms with E-state index >= 15 is 0 Å². The van der Waals surface area contributed by atoms with Gasteiger partial charge in [-0.15, -0.1) is 0 Å². The SMILES string of the molecule is COc1cccc(C2(OC)OOC2(CN)C(C)(C)C)c1. The molecule has 1 aliphatic rings. The van der Waals surface area contributed by atoms with Crippen LogP contribution in [0.15, 0.2) is 24.3 Å². The van der Waals surface area contributed by atoms with E-state index in [1.165, 1.54) is 0 Å². The van der Waals surface area contributed by atoms with Crippen LogP contribution in [-0.4, -0.2) is 26.4 Å². The molecule has 0 amide bonds. The first-order chi connectivity index (χ1) is 9.37. The quantitative estimate of drug-likeness (QED) is 0.857. The number of benzene rings is 1. The van der Waals surface area contributed by atoms with Gasteiger partial charge in [-0.25, -0.2) is 4.89 Å². The topological polar surface area (TPSA) is 62.9 Å². The number of methoxy groups -OCH3 is 2. The molecule has 2 N–H and O–H groups in total. The van der Waals surface area contributed by atoms with Gasteiger partial charge in [0, 0.05) is 24.6 Å². The largest absolute Gasteiger partial charge is 0.497 e. The van der Waals surface area contributed by atoms with Crippen molar-refractivity contribution in [3.8, 4) is 5.75 Å². The molecule has 0 spiro atoms. The molecule has 1 aromatic carbocycles. The minimum atomic E-state index is -1.03. The minimum Gasteiger partial charge on any atom is -0.497 e. The molecule has 2 rings (SSSR count). The smallest absolute Gasteiger partial charge is 0.262 e. The van der Waals surface area contributed by atoms with Crippen molar-refractivity contribution >= 4 is 0 Å². The highest BCUT2D eigenvalue weighted by molar-refractivity contribution is 5.35. The average molecular weight is 281 g/mol. The van der Waals surface area contributed by atoms with E-state index in [2.05, 4.69) is 20.8 Å². The fourth-order valence-electron chi connectivity index (χ4n) is 2.74. The Morgan fingerprint density at radius 2 is 1.90 bits per heavy atom. The second-order valence-corrected chi connectivity index (χ2v) is 6.00. The second-order valence-electron chi connectivity index (χ2n) is 6.00. The number of hydrogen-bond donors (Lipinski definition) is 1. The lowest BCUT2D eigenvalue weighted by molar-refractivity contribution is -0.632. The Kier molecular flexibility index (Phi) is 3.81. The summed E-state index contributed by atoms with van der Waals surface area (Å²) in [6, 6.07) is 7.56. The first kappa shape index (κ1) is 15.3. The molecule has 5 nitrogen and oxygen atoms in total. The standard InChI is InChI=1S/C15H23NO4/c1-13(2,3)14(10-16)15(18-5,20-19-14)11-7-6-8-12(9-11)17-4/h6-9H,10,16H2,1-5H3. The maximum Gasteiger partial charge on any atom is 0.262 e. The maximum absolute atomic E-state index is 6.00. The van der Waals surface area contributed by atoms with Gasteiger partial charge in [-0.05, 0) is 12.1 Å². The van der Waals surface area contributed by atoms with E-state index in [0.717, 1.165) is 11.3 Å². The Morgan fingerprint density at radius 1 is 1.20 bits per heavy atom. The molecule has 1 fully saturated rings. The summed E-state index contributed by atoms with van der Waals surface area (Å²) in [7, 11) is 3.22. The molecular formula is C15H23NO4. The van der Waals surface area contributed by atoms with Gasteiger partial charge in [-0.3, -0.25) is 0 Å². The van der Waals surface area contributed by atoms with Crippen LogP contribution in [0.25, 0.3) is 0 Å². The Morgan fingerprint density at radius 3 is 2.30 bits per heavy atom. The predicted molar refractivity (Wildman–Crippen MR) is 75.1 cm³/mol. The van der Waals surface area contributed by atoms with Gasteiger partial charge in [0.25, 0.3) is 5.79 Å². The molecular weight excluding hydrogens is 258 g/mol. The summed E-state index contributed by atoms with van der Waals surface area (Å²) in [6.07, 6.45) is 0. The van der Waals surface area contributed by atoms with Crippen LogP contribution in [-0.2, 0) is 20.3 Å². The molecule has 0 aliphatic carbocycles. The first-order valence-corrected chi connectivity index (χ1v) is 6.63. The van der Waals surface area contributed by atoms with Crippen LogP contribution < -0.4 is 10.5 Å². The van der Waals surface area contributed by atoms with Gasteiger partial charge < -0.3 is 15.2 Å². The molecule has 112 valence electrons. The molecule has 1 aliphatic heterocycles. The molecule has 20 heavy (non-hydrogen) atoms. The van der Waals surface area contributed by atoms with Crippen LogP contribution in [0.1, 0.15) is 26.3 Å². The lowest BCUT2D eigenvalue weighted by Crippen LogP contribution is -2.74. The van der Waals surface area contributed by atoms with Crippen molar-refractivity contribution in [3.05, 3.63) is 29.8 Å². The second kappa shape index (κ2) is 5.00. The molecule has 0 aromatic heterocycles. The summed E-state index contributed by atoms with van der Waals surface area (Å²) in [5, 5.41) is 0. The van der Waals surface area contributed by atoms with E-state index in [9.17, 15) is 0 Å². The van der Waals surface area contributed by atoms with Crippen molar-refractivity contribution in [2.24, 2.45) is 11.1 Å². The van der Waals surface area contributed by atoms with Crippen molar-refractivity contribution in [2.75, 3.05) is 20.8 Å². The zero-order chi connectivity index (χ0) is 15.0. The Hall–Kier alpha value is -1.14. The van der Waals surface area contributed by atoms with Crippen LogP contribution in [0.2, 0.25) is 0 Å². The minimum absolute atomic E-state index is 0.265. The highest BCUT2D eigenvalue weighted by atomic mass is 17.3. The van der Waals surface area contributed by atoms with Crippen LogP contribution in [0.3, 0.4) is 0 Å². The summed E-state index contributed by atoms with van der Waals surface area (Å²) in [5.74, 6) is -0.302. The van der Waals surface area contributed by atoms with Crippen molar-refractivity contribution in [1.29, 1.82) is 0 Å². The van der Waals surface area contributed by atoms with Crippen molar-refractivity contribution < 1.29 is 19.2 Å². The van der Waals surface area contributed by atoms with Gasteiger partial charge >= 0.3 is 0 Å². The summed E-state index contributed by atoms with van der Waals surface area (Å²) < 4.78 is 11.0. The molecule has 0 bridgehead atoms. The summed E-state index contributed by atoms with van der Waals surface area (Å²) in [5.41, 5.74) is 5.80. The zero-order valence-electron chi connectivity index (χ0n) is 12.7. The summed E-state index contributed by atoms with van der Waals surface area (Å²) in [6.45, 7) is 6.44. The van der Waals surface area contributed by atoms with Gasteiger partial charge in [0.15, 0.2) is 5.60 Å². The van der Waals surface area contributed by atoms with E-state index in [-0.39, 0.29) is 12.0 Å². The monoisotopic (exact) mass is 281 g/mol. The highest BCUT2D eigenvalue weighted by Gasteiger charge is 2.70. The molecule has 5 heteroatoms. The molecule has 0 radical (unpaired) electrons. The lowest BCUT2D eigenvalue weighted by atomic mass is 9.68. The van der Waals surface area contributed by atoms with Crippen LogP contribution in [0, 0.1) is 5.41 Å². The Balaban J connectivity index is 2.54. The molecule has 2 atom stereocenters. The van der Waals surface area contributed by atoms with Gasteiger partial charge in [-0.2, -0.15) is 4.89 Å². The van der Waals surface area contributed by atoms with Crippen molar-refractivity contribution in [1.82, 2.24) is 0 Å². The van der Waals surface area contributed by atoms with Crippen LogP contribution in [0.5, 0.6) is 5.75 Å². The third-order valence-corrected chi connectivity index (χ3v) is 4.07. The number of ether oxygens (including phenoxy) is 2. The van der Waals surface area contributed by atoms with E-state index in [1.54, 1.807) is 14.2 Å². The lowest BCUT2D eigenvalue weighted by Gasteiger charge is -2.60. The van der Waals surface area contributed by atoms with E-state index in [4.69, 9.17) is 25.0 Å². The summed E-state index contributed by atoms with van der Waals surface area (Å²) >= 11 is 0. The molecule has 1 aromatic rings. The third kappa shape index (κ3) is 1.85. The molecule has 1 saturated heterocycles. The summed E-state index contributed by atoms with van der Waals surface area (Å²) in [4.78, 5) is 10.9. The van der Waals surface area contributed by atoms with Gasteiger partial charge in [0.2, 0.25) is 0 Å².